The van der Waals surface area contributed by atoms with Gasteiger partial charge in [-0.1, -0.05) is 42.5 Å². The Hall–Kier alpha value is -1.80. The Bertz CT molecular complexity index is 653. The molecule has 0 saturated heterocycles. The number of rotatable bonds is 3. The quantitative estimate of drug-likeness (QED) is 0.847. The van der Waals surface area contributed by atoms with Gasteiger partial charge in [-0.25, -0.2) is 0 Å². The molecule has 0 spiro atoms. The van der Waals surface area contributed by atoms with E-state index in [1.807, 2.05) is 30.3 Å². The van der Waals surface area contributed by atoms with Crippen LogP contribution in [0.1, 0.15) is 23.1 Å². The van der Waals surface area contributed by atoms with E-state index in [9.17, 15) is 4.79 Å². The molecule has 3 heteroatoms. The van der Waals surface area contributed by atoms with Gasteiger partial charge in [0, 0.05) is 17.5 Å². The standard InChI is InChI=1S/C18H18ClNO/c19-12-16-7-3-4-8-17(16)20-18(21)15-10-9-13-5-1-2-6-14(13)11-15/h1-8,15H,9-12H2,(H,20,21). The number of aryl methyl sites for hydroxylation is 1. The van der Waals surface area contributed by atoms with Crippen molar-refractivity contribution in [2.75, 3.05) is 5.32 Å². The lowest BCUT2D eigenvalue weighted by atomic mass is 9.83. The molecule has 0 aromatic heterocycles. The number of fused-ring (bicyclic) bond motifs is 1. The van der Waals surface area contributed by atoms with Gasteiger partial charge in [-0.3, -0.25) is 4.79 Å². The van der Waals surface area contributed by atoms with Gasteiger partial charge in [0.15, 0.2) is 0 Å². The summed E-state index contributed by atoms with van der Waals surface area (Å²) in [6.45, 7) is 0. The number of alkyl halides is 1. The van der Waals surface area contributed by atoms with Crippen LogP contribution in [0.15, 0.2) is 48.5 Å². The van der Waals surface area contributed by atoms with E-state index in [2.05, 4.69) is 23.5 Å². The molecule has 1 aliphatic rings. The maximum absolute atomic E-state index is 12.5. The zero-order valence-electron chi connectivity index (χ0n) is 11.8. The van der Waals surface area contributed by atoms with Crippen molar-refractivity contribution in [2.45, 2.75) is 25.1 Å². The first kappa shape index (κ1) is 14.2. The number of nitrogens with one attached hydrogen (secondary N) is 1. The van der Waals surface area contributed by atoms with Gasteiger partial charge >= 0.3 is 0 Å². The fourth-order valence-corrected chi connectivity index (χ4v) is 3.15. The minimum absolute atomic E-state index is 0.0447. The summed E-state index contributed by atoms with van der Waals surface area (Å²) in [5.74, 6) is 0.551. The highest BCUT2D eigenvalue weighted by atomic mass is 35.5. The molecule has 2 aromatic carbocycles. The predicted molar refractivity (Wildman–Crippen MR) is 86.6 cm³/mol. The summed E-state index contributed by atoms with van der Waals surface area (Å²) in [7, 11) is 0. The third-order valence-corrected chi connectivity index (χ3v) is 4.42. The Labute approximate surface area is 130 Å². The van der Waals surface area contributed by atoms with Gasteiger partial charge in [0.2, 0.25) is 5.91 Å². The molecule has 0 aliphatic heterocycles. The molecular weight excluding hydrogens is 282 g/mol. The molecule has 108 valence electrons. The van der Waals surface area contributed by atoms with Crippen LogP contribution in [0, 0.1) is 5.92 Å². The van der Waals surface area contributed by atoms with Crippen molar-refractivity contribution in [3.05, 3.63) is 65.2 Å². The van der Waals surface area contributed by atoms with Crippen molar-refractivity contribution in [2.24, 2.45) is 5.92 Å². The molecule has 0 heterocycles. The molecule has 3 rings (SSSR count). The van der Waals surface area contributed by atoms with Crippen LogP contribution in [0.3, 0.4) is 0 Å². The lowest BCUT2D eigenvalue weighted by Crippen LogP contribution is -2.28. The highest BCUT2D eigenvalue weighted by Gasteiger charge is 2.24. The van der Waals surface area contributed by atoms with E-state index in [1.54, 1.807) is 0 Å². The summed E-state index contributed by atoms with van der Waals surface area (Å²) >= 11 is 5.92. The van der Waals surface area contributed by atoms with Crippen LogP contribution in [0.25, 0.3) is 0 Å². The number of para-hydroxylation sites is 1. The third-order valence-electron chi connectivity index (χ3n) is 4.14. The maximum atomic E-state index is 12.5. The normalized spacial score (nSPS) is 17.1. The minimum atomic E-state index is 0.0447. The summed E-state index contributed by atoms with van der Waals surface area (Å²) in [4.78, 5) is 12.5. The summed E-state index contributed by atoms with van der Waals surface area (Å²) in [5.41, 5.74) is 4.47. The molecule has 1 unspecified atom stereocenters. The van der Waals surface area contributed by atoms with Crippen LogP contribution < -0.4 is 5.32 Å². The molecule has 0 saturated carbocycles. The van der Waals surface area contributed by atoms with Gasteiger partial charge in [0.25, 0.3) is 0 Å². The van der Waals surface area contributed by atoms with Crippen LogP contribution in [0.4, 0.5) is 5.69 Å². The number of halogens is 1. The van der Waals surface area contributed by atoms with Gasteiger partial charge in [0.1, 0.15) is 0 Å². The minimum Gasteiger partial charge on any atom is -0.326 e. The number of carbonyl (C=O) groups excluding carboxylic acids is 1. The zero-order chi connectivity index (χ0) is 14.7. The van der Waals surface area contributed by atoms with Crippen molar-refractivity contribution < 1.29 is 4.79 Å². The summed E-state index contributed by atoms with van der Waals surface area (Å²) in [5, 5.41) is 3.04. The first-order chi connectivity index (χ1) is 10.3. The molecule has 1 aliphatic carbocycles. The number of benzene rings is 2. The molecule has 2 aromatic rings. The Morgan fingerprint density at radius 2 is 1.81 bits per heavy atom. The second-order valence-electron chi connectivity index (χ2n) is 5.49. The van der Waals surface area contributed by atoms with Gasteiger partial charge in [-0.2, -0.15) is 0 Å². The van der Waals surface area contributed by atoms with Crippen LogP contribution in [-0.2, 0) is 23.5 Å². The van der Waals surface area contributed by atoms with Crippen molar-refractivity contribution in [1.29, 1.82) is 0 Å². The van der Waals surface area contributed by atoms with Gasteiger partial charge in [-0.05, 0) is 42.0 Å². The first-order valence-electron chi connectivity index (χ1n) is 7.29. The monoisotopic (exact) mass is 299 g/mol. The van der Waals surface area contributed by atoms with E-state index < -0.39 is 0 Å². The molecule has 0 radical (unpaired) electrons. The average Bonchev–Trinajstić information content (AvgIpc) is 2.55. The molecular formula is C18H18ClNO. The number of amides is 1. The van der Waals surface area contributed by atoms with Crippen molar-refractivity contribution >= 4 is 23.2 Å². The first-order valence-corrected chi connectivity index (χ1v) is 7.83. The summed E-state index contributed by atoms with van der Waals surface area (Å²) in [6.07, 6.45) is 2.71. The Kier molecular flexibility index (Phi) is 4.26. The largest absolute Gasteiger partial charge is 0.326 e. The Balaban J connectivity index is 1.72. The van der Waals surface area contributed by atoms with E-state index >= 15 is 0 Å². The third kappa shape index (κ3) is 3.11. The van der Waals surface area contributed by atoms with Crippen LogP contribution in [0.2, 0.25) is 0 Å². The average molecular weight is 300 g/mol. The predicted octanol–water partition coefficient (Wildman–Crippen LogP) is 4.17. The Morgan fingerprint density at radius 1 is 1.10 bits per heavy atom. The van der Waals surface area contributed by atoms with Gasteiger partial charge < -0.3 is 5.32 Å². The lowest BCUT2D eigenvalue weighted by molar-refractivity contribution is -0.120. The van der Waals surface area contributed by atoms with E-state index in [0.717, 1.165) is 30.5 Å². The molecule has 1 atom stereocenters. The molecule has 1 N–H and O–H groups in total. The van der Waals surface area contributed by atoms with E-state index in [0.29, 0.717) is 5.88 Å². The van der Waals surface area contributed by atoms with Crippen molar-refractivity contribution in [3.63, 3.8) is 0 Å². The summed E-state index contributed by atoms with van der Waals surface area (Å²) in [6, 6.07) is 16.1. The highest BCUT2D eigenvalue weighted by Crippen LogP contribution is 2.27. The van der Waals surface area contributed by atoms with E-state index in [1.165, 1.54) is 11.1 Å². The smallest absolute Gasteiger partial charge is 0.227 e. The number of carbonyl (C=O) groups is 1. The number of hydrogen-bond acceptors (Lipinski definition) is 1. The van der Waals surface area contributed by atoms with E-state index in [-0.39, 0.29) is 11.8 Å². The van der Waals surface area contributed by atoms with Gasteiger partial charge in [0.05, 0.1) is 0 Å². The fourth-order valence-electron chi connectivity index (χ4n) is 2.92. The summed E-state index contributed by atoms with van der Waals surface area (Å²) < 4.78 is 0. The topological polar surface area (TPSA) is 29.1 Å². The lowest BCUT2D eigenvalue weighted by Gasteiger charge is -2.24. The van der Waals surface area contributed by atoms with Crippen LogP contribution in [0.5, 0.6) is 0 Å². The molecule has 21 heavy (non-hydrogen) atoms. The molecule has 1 amide bonds. The highest BCUT2D eigenvalue weighted by molar-refractivity contribution is 6.17. The fraction of sp³-hybridized carbons (Fsp3) is 0.278. The van der Waals surface area contributed by atoms with Crippen molar-refractivity contribution in [3.8, 4) is 0 Å². The molecule has 0 fully saturated rings. The van der Waals surface area contributed by atoms with Crippen molar-refractivity contribution in [1.82, 2.24) is 0 Å². The Morgan fingerprint density at radius 3 is 2.62 bits per heavy atom. The second-order valence-corrected chi connectivity index (χ2v) is 5.76. The van der Waals surface area contributed by atoms with E-state index in [4.69, 9.17) is 11.6 Å². The SMILES string of the molecule is O=C(Nc1ccccc1CCl)C1CCc2ccccc2C1. The maximum Gasteiger partial charge on any atom is 0.227 e. The molecule has 0 bridgehead atoms. The van der Waals surface area contributed by atoms with Crippen LogP contribution >= 0.6 is 11.6 Å². The second kappa shape index (κ2) is 6.31. The zero-order valence-corrected chi connectivity index (χ0v) is 12.6. The van der Waals surface area contributed by atoms with Gasteiger partial charge in [-0.15, -0.1) is 11.6 Å². The molecule has 2 nitrogen and oxygen atoms in total. The number of anilines is 1. The number of hydrogen-bond donors (Lipinski definition) is 1. The van der Waals surface area contributed by atoms with Crippen LogP contribution in [-0.4, -0.2) is 5.91 Å².